The van der Waals surface area contributed by atoms with Gasteiger partial charge in [0.05, 0.1) is 11.0 Å². The van der Waals surface area contributed by atoms with E-state index in [2.05, 4.69) is 15.3 Å². The second-order valence-corrected chi connectivity index (χ2v) is 6.89. The predicted molar refractivity (Wildman–Crippen MR) is 115 cm³/mol. The molecule has 1 aromatic heterocycles. The summed E-state index contributed by atoms with van der Waals surface area (Å²) in [5, 5.41) is 2.90. The number of nitrogens with one attached hydrogen (secondary N) is 2. The maximum Gasteiger partial charge on any atom is 0.224 e. The molecule has 29 heavy (non-hydrogen) atoms. The molecular weight excluding hydrogens is 362 g/mol. The molecule has 144 valence electrons. The van der Waals surface area contributed by atoms with Crippen molar-refractivity contribution >= 4 is 28.4 Å². The standard InChI is InChI=1S/C24H21N3O2/c1-2-7-22(28)25-19-11-6-10-18(14-19)24-26-20-13-12-17(15-21(20)27-24)23(29)16-8-4-3-5-9-16/h3-6,8-15H,2,7H2,1H3,(H,25,28)(H,26,27). The Morgan fingerprint density at radius 2 is 1.76 bits per heavy atom. The molecule has 4 aromatic rings. The molecule has 0 atom stereocenters. The van der Waals surface area contributed by atoms with E-state index in [-0.39, 0.29) is 11.7 Å². The molecule has 5 heteroatoms. The fraction of sp³-hybridized carbons (Fsp3) is 0.125. The molecule has 0 aliphatic heterocycles. The number of nitrogens with zero attached hydrogens (tertiary/aromatic N) is 1. The number of amides is 1. The SMILES string of the molecule is CCCC(=O)Nc1cccc(-c2nc3ccc(C(=O)c4ccccc4)cc3[nH]2)c1. The summed E-state index contributed by atoms with van der Waals surface area (Å²) in [4.78, 5) is 32.5. The average molecular weight is 383 g/mol. The number of rotatable bonds is 6. The molecule has 0 saturated heterocycles. The van der Waals surface area contributed by atoms with Crippen LogP contribution in [-0.2, 0) is 4.79 Å². The summed E-state index contributed by atoms with van der Waals surface area (Å²) in [6, 6.07) is 22.2. The Labute approximate surface area is 168 Å². The molecule has 0 saturated carbocycles. The van der Waals surface area contributed by atoms with E-state index in [1.807, 2.05) is 73.7 Å². The van der Waals surface area contributed by atoms with Gasteiger partial charge in [-0.15, -0.1) is 0 Å². The van der Waals surface area contributed by atoms with Crippen molar-refractivity contribution in [1.82, 2.24) is 9.97 Å². The first-order valence-corrected chi connectivity index (χ1v) is 9.64. The van der Waals surface area contributed by atoms with Crippen LogP contribution < -0.4 is 5.32 Å². The smallest absolute Gasteiger partial charge is 0.224 e. The fourth-order valence-corrected chi connectivity index (χ4v) is 3.24. The fourth-order valence-electron chi connectivity index (χ4n) is 3.24. The number of imidazole rings is 1. The zero-order valence-corrected chi connectivity index (χ0v) is 16.1. The van der Waals surface area contributed by atoms with Crippen LogP contribution in [0, 0.1) is 0 Å². The minimum atomic E-state index is -0.0238. The van der Waals surface area contributed by atoms with Crippen LogP contribution >= 0.6 is 0 Å². The van der Waals surface area contributed by atoms with E-state index < -0.39 is 0 Å². The molecular formula is C24H21N3O2. The van der Waals surface area contributed by atoms with E-state index >= 15 is 0 Å². The number of anilines is 1. The van der Waals surface area contributed by atoms with Crippen LogP contribution in [0.4, 0.5) is 5.69 Å². The molecule has 3 aromatic carbocycles. The number of aromatic nitrogens is 2. The Hall–Kier alpha value is -3.73. The van der Waals surface area contributed by atoms with Crippen LogP contribution in [0.25, 0.3) is 22.4 Å². The topological polar surface area (TPSA) is 74.8 Å². The van der Waals surface area contributed by atoms with Crippen molar-refractivity contribution in [2.24, 2.45) is 0 Å². The van der Waals surface area contributed by atoms with E-state index in [9.17, 15) is 9.59 Å². The Morgan fingerprint density at radius 3 is 2.55 bits per heavy atom. The highest BCUT2D eigenvalue weighted by Crippen LogP contribution is 2.24. The third kappa shape index (κ3) is 4.09. The van der Waals surface area contributed by atoms with E-state index in [1.165, 1.54) is 0 Å². The first kappa shape index (κ1) is 18.6. The van der Waals surface area contributed by atoms with Gasteiger partial charge >= 0.3 is 0 Å². The normalized spacial score (nSPS) is 10.8. The van der Waals surface area contributed by atoms with Gasteiger partial charge in [-0.3, -0.25) is 9.59 Å². The summed E-state index contributed by atoms with van der Waals surface area (Å²) in [6.45, 7) is 1.97. The molecule has 0 bridgehead atoms. The monoisotopic (exact) mass is 383 g/mol. The van der Waals surface area contributed by atoms with Gasteiger partial charge in [-0.25, -0.2) is 4.98 Å². The second-order valence-electron chi connectivity index (χ2n) is 6.89. The summed E-state index contributed by atoms with van der Waals surface area (Å²) in [5.74, 6) is 0.665. The van der Waals surface area contributed by atoms with Gasteiger partial charge < -0.3 is 10.3 Å². The molecule has 1 amide bonds. The van der Waals surface area contributed by atoms with E-state index in [0.29, 0.717) is 23.4 Å². The van der Waals surface area contributed by atoms with Crippen molar-refractivity contribution in [1.29, 1.82) is 0 Å². The van der Waals surface area contributed by atoms with Crippen LogP contribution in [-0.4, -0.2) is 21.7 Å². The number of benzene rings is 3. The summed E-state index contributed by atoms with van der Waals surface area (Å²) in [5.41, 5.74) is 4.45. The molecule has 0 aliphatic carbocycles. The lowest BCUT2D eigenvalue weighted by molar-refractivity contribution is -0.116. The number of fused-ring (bicyclic) bond motifs is 1. The Kier molecular flexibility index (Phi) is 5.20. The molecule has 4 rings (SSSR count). The minimum absolute atomic E-state index is 0.00155. The van der Waals surface area contributed by atoms with Crippen LogP contribution in [0.2, 0.25) is 0 Å². The van der Waals surface area contributed by atoms with Crippen molar-refractivity contribution in [2.75, 3.05) is 5.32 Å². The zero-order chi connectivity index (χ0) is 20.2. The lowest BCUT2D eigenvalue weighted by Gasteiger charge is -2.05. The summed E-state index contributed by atoms with van der Waals surface area (Å²) in [7, 11) is 0. The first-order valence-electron chi connectivity index (χ1n) is 9.64. The molecule has 5 nitrogen and oxygen atoms in total. The van der Waals surface area contributed by atoms with Crippen LogP contribution in [0.3, 0.4) is 0 Å². The van der Waals surface area contributed by atoms with Gasteiger partial charge in [0.2, 0.25) is 5.91 Å². The molecule has 0 aliphatic rings. The maximum absolute atomic E-state index is 12.7. The zero-order valence-electron chi connectivity index (χ0n) is 16.1. The molecule has 0 spiro atoms. The van der Waals surface area contributed by atoms with Gasteiger partial charge in [-0.2, -0.15) is 0 Å². The number of carbonyl (C=O) groups excluding carboxylic acids is 2. The third-order valence-corrected chi connectivity index (χ3v) is 4.68. The average Bonchev–Trinajstić information content (AvgIpc) is 3.17. The Bertz CT molecular complexity index is 1180. The third-order valence-electron chi connectivity index (χ3n) is 4.68. The number of aromatic amines is 1. The van der Waals surface area contributed by atoms with Gasteiger partial charge in [0.1, 0.15) is 5.82 Å². The second kappa shape index (κ2) is 8.10. The Balaban J connectivity index is 1.63. The van der Waals surface area contributed by atoms with Gasteiger partial charge in [-0.05, 0) is 36.8 Å². The van der Waals surface area contributed by atoms with Gasteiger partial charge in [-0.1, -0.05) is 49.4 Å². The van der Waals surface area contributed by atoms with E-state index in [4.69, 9.17) is 0 Å². The first-order chi connectivity index (χ1) is 14.1. The van der Waals surface area contributed by atoms with Gasteiger partial charge in [0, 0.05) is 28.8 Å². The van der Waals surface area contributed by atoms with Crippen molar-refractivity contribution in [3.63, 3.8) is 0 Å². The van der Waals surface area contributed by atoms with Crippen LogP contribution in [0.15, 0.2) is 72.8 Å². The number of ketones is 1. The van der Waals surface area contributed by atoms with E-state index in [0.717, 1.165) is 28.7 Å². The minimum Gasteiger partial charge on any atom is -0.338 e. The molecule has 1 heterocycles. The van der Waals surface area contributed by atoms with Crippen LogP contribution in [0.5, 0.6) is 0 Å². The van der Waals surface area contributed by atoms with Gasteiger partial charge in [0.25, 0.3) is 0 Å². The quantitative estimate of drug-likeness (QED) is 0.449. The van der Waals surface area contributed by atoms with Crippen LogP contribution in [0.1, 0.15) is 35.7 Å². The molecule has 0 unspecified atom stereocenters. The molecule has 0 radical (unpaired) electrons. The van der Waals surface area contributed by atoms with E-state index in [1.54, 1.807) is 6.07 Å². The Morgan fingerprint density at radius 1 is 0.931 bits per heavy atom. The predicted octanol–water partition coefficient (Wildman–Crippen LogP) is 5.20. The number of hydrogen-bond donors (Lipinski definition) is 2. The summed E-state index contributed by atoms with van der Waals surface area (Å²) < 4.78 is 0. The highest BCUT2D eigenvalue weighted by molar-refractivity contribution is 6.10. The molecule has 2 N–H and O–H groups in total. The van der Waals surface area contributed by atoms with Crippen molar-refractivity contribution in [2.45, 2.75) is 19.8 Å². The largest absolute Gasteiger partial charge is 0.338 e. The van der Waals surface area contributed by atoms with Crippen molar-refractivity contribution in [3.05, 3.63) is 83.9 Å². The maximum atomic E-state index is 12.7. The lowest BCUT2D eigenvalue weighted by Crippen LogP contribution is -2.10. The summed E-state index contributed by atoms with van der Waals surface area (Å²) >= 11 is 0. The highest BCUT2D eigenvalue weighted by Gasteiger charge is 2.12. The number of hydrogen-bond acceptors (Lipinski definition) is 3. The van der Waals surface area contributed by atoms with Gasteiger partial charge in [0.15, 0.2) is 5.78 Å². The number of H-pyrrole nitrogens is 1. The number of carbonyl (C=O) groups is 2. The van der Waals surface area contributed by atoms with Crippen molar-refractivity contribution in [3.8, 4) is 11.4 Å². The summed E-state index contributed by atoms with van der Waals surface area (Å²) in [6.07, 6.45) is 1.30. The molecule has 0 fully saturated rings. The lowest BCUT2D eigenvalue weighted by atomic mass is 10.0. The van der Waals surface area contributed by atoms with Crippen molar-refractivity contribution < 1.29 is 9.59 Å². The highest BCUT2D eigenvalue weighted by atomic mass is 16.1.